The van der Waals surface area contributed by atoms with Gasteiger partial charge < -0.3 is 10.4 Å². The third-order valence-electron chi connectivity index (χ3n) is 2.77. The van der Waals surface area contributed by atoms with Crippen molar-refractivity contribution >= 4 is 40.9 Å². The molecule has 0 fully saturated rings. The molecule has 4 nitrogen and oxygen atoms in total. The largest absolute Gasteiger partial charge is 0.480 e. The molecule has 0 aliphatic rings. The number of aliphatic carboxylic acids is 1. The lowest BCUT2D eigenvalue weighted by Crippen LogP contribution is -2.44. The van der Waals surface area contributed by atoms with Gasteiger partial charge in [0.05, 0.1) is 4.34 Å². The third-order valence-corrected chi connectivity index (χ3v) is 3.97. The van der Waals surface area contributed by atoms with Crippen LogP contribution in [-0.2, 0) is 9.59 Å². The number of carbonyl (C=O) groups is 2. The topological polar surface area (TPSA) is 66.4 Å². The molecule has 104 valence electrons. The van der Waals surface area contributed by atoms with Crippen molar-refractivity contribution in [2.45, 2.75) is 26.3 Å². The van der Waals surface area contributed by atoms with Crippen LogP contribution in [0.25, 0.3) is 6.08 Å². The molecule has 0 aliphatic heterocycles. The molecular weight excluding hydrogens is 286 g/mol. The highest BCUT2D eigenvalue weighted by Crippen LogP contribution is 2.22. The monoisotopic (exact) mass is 301 g/mol. The fourth-order valence-corrected chi connectivity index (χ4v) is 2.42. The van der Waals surface area contributed by atoms with Gasteiger partial charge in [0.2, 0.25) is 5.91 Å². The molecule has 0 spiro atoms. The first-order valence-corrected chi connectivity index (χ1v) is 7.10. The molecular formula is C13H16ClNO3S. The van der Waals surface area contributed by atoms with Gasteiger partial charge in [-0.05, 0) is 24.1 Å². The minimum Gasteiger partial charge on any atom is -0.480 e. The fourth-order valence-electron chi connectivity index (χ4n) is 1.46. The van der Waals surface area contributed by atoms with Gasteiger partial charge in [0.25, 0.3) is 0 Å². The van der Waals surface area contributed by atoms with Crippen LogP contribution in [0.15, 0.2) is 18.2 Å². The SMILES string of the molecule is CCC(C)[C@H](NC(=O)C=Cc1ccc(Cl)s1)C(=O)O. The summed E-state index contributed by atoms with van der Waals surface area (Å²) in [7, 11) is 0. The number of carbonyl (C=O) groups excluding carboxylic acids is 1. The highest BCUT2D eigenvalue weighted by molar-refractivity contribution is 7.17. The van der Waals surface area contributed by atoms with Crippen LogP contribution < -0.4 is 5.32 Å². The number of nitrogens with one attached hydrogen (secondary N) is 1. The van der Waals surface area contributed by atoms with E-state index in [-0.39, 0.29) is 5.92 Å². The number of carboxylic acid groups (broad SMARTS) is 1. The van der Waals surface area contributed by atoms with Gasteiger partial charge in [0.15, 0.2) is 0 Å². The molecule has 0 bridgehead atoms. The quantitative estimate of drug-likeness (QED) is 0.794. The van der Waals surface area contributed by atoms with Gasteiger partial charge >= 0.3 is 5.97 Å². The van der Waals surface area contributed by atoms with E-state index in [1.165, 1.54) is 17.4 Å². The first-order chi connectivity index (χ1) is 8.93. The Bertz CT molecular complexity index is 484. The summed E-state index contributed by atoms with van der Waals surface area (Å²) >= 11 is 7.12. The average molecular weight is 302 g/mol. The van der Waals surface area contributed by atoms with Crippen LogP contribution in [0.3, 0.4) is 0 Å². The maximum atomic E-state index is 11.7. The van der Waals surface area contributed by atoms with Crippen LogP contribution in [0.5, 0.6) is 0 Å². The molecule has 1 unspecified atom stereocenters. The molecule has 2 atom stereocenters. The molecule has 0 saturated carbocycles. The Morgan fingerprint density at radius 1 is 1.53 bits per heavy atom. The Hall–Kier alpha value is -1.33. The van der Waals surface area contributed by atoms with Crippen molar-refractivity contribution in [2.75, 3.05) is 0 Å². The Morgan fingerprint density at radius 2 is 2.21 bits per heavy atom. The summed E-state index contributed by atoms with van der Waals surface area (Å²) in [4.78, 5) is 23.6. The summed E-state index contributed by atoms with van der Waals surface area (Å²) in [5.74, 6) is -1.56. The number of hydrogen-bond acceptors (Lipinski definition) is 3. The summed E-state index contributed by atoms with van der Waals surface area (Å²) in [5.41, 5.74) is 0. The first kappa shape index (κ1) is 15.7. The summed E-state index contributed by atoms with van der Waals surface area (Å²) in [5, 5.41) is 11.5. The van der Waals surface area contributed by atoms with E-state index in [2.05, 4.69) is 5.32 Å². The number of rotatable bonds is 6. The normalized spacial score (nSPS) is 14.3. The highest BCUT2D eigenvalue weighted by atomic mass is 35.5. The second kappa shape index (κ2) is 7.31. The molecule has 0 saturated heterocycles. The lowest BCUT2D eigenvalue weighted by Gasteiger charge is -2.19. The maximum absolute atomic E-state index is 11.7. The van der Waals surface area contributed by atoms with Gasteiger partial charge in [0, 0.05) is 11.0 Å². The van der Waals surface area contributed by atoms with E-state index < -0.39 is 17.9 Å². The van der Waals surface area contributed by atoms with E-state index in [1.807, 2.05) is 6.92 Å². The van der Waals surface area contributed by atoms with Gasteiger partial charge in [0.1, 0.15) is 6.04 Å². The molecule has 1 rings (SSSR count). The van der Waals surface area contributed by atoms with Crippen molar-refractivity contribution in [3.8, 4) is 0 Å². The maximum Gasteiger partial charge on any atom is 0.326 e. The average Bonchev–Trinajstić information content (AvgIpc) is 2.78. The fraction of sp³-hybridized carbons (Fsp3) is 0.385. The van der Waals surface area contributed by atoms with Crippen LogP contribution >= 0.6 is 22.9 Å². The Morgan fingerprint density at radius 3 is 2.68 bits per heavy atom. The van der Waals surface area contributed by atoms with E-state index in [4.69, 9.17) is 16.7 Å². The molecule has 2 N–H and O–H groups in total. The molecule has 1 heterocycles. The zero-order valence-electron chi connectivity index (χ0n) is 10.7. The van der Waals surface area contributed by atoms with Crippen molar-refractivity contribution in [2.24, 2.45) is 5.92 Å². The molecule has 19 heavy (non-hydrogen) atoms. The summed E-state index contributed by atoms with van der Waals surface area (Å²) in [6, 6.07) is 2.66. The Kier molecular flexibility index (Phi) is 6.05. The number of thiophene rings is 1. The smallest absolute Gasteiger partial charge is 0.326 e. The van der Waals surface area contributed by atoms with Crippen molar-refractivity contribution in [3.05, 3.63) is 27.4 Å². The predicted molar refractivity (Wildman–Crippen MR) is 77.4 cm³/mol. The van der Waals surface area contributed by atoms with Crippen LogP contribution in [-0.4, -0.2) is 23.0 Å². The first-order valence-electron chi connectivity index (χ1n) is 5.90. The molecule has 1 amide bonds. The Balaban J connectivity index is 2.62. The van der Waals surface area contributed by atoms with Crippen LogP contribution in [0, 0.1) is 5.92 Å². The van der Waals surface area contributed by atoms with Crippen molar-refractivity contribution in [1.82, 2.24) is 5.32 Å². The van der Waals surface area contributed by atoms with Gasteiger partial charge in [-0.25, -0.2) is 4.79 Å². The predicted octanol–water partition coefficient (Wildman–Crippen LogP) is 3.03. The van der Waals surface area contributed by atoms with E-state index in [1.54, 1.807) is 25.1 Å². The van der Waals surface area contributed by atoms with E-state index >= 15 is 0 Å². The lowest BCUT2D eigenvalue weighted by atomic mass is 9.99. The number of halogens is 1. The van der Waals surface area contributed by atoms with Crippen LogP contribution in [0.2, 0.25) is 4.34 Å². The Labute approximate surface area is 121 Å². The minimum absolute atomic E-state index is 0.119. The molecule has 0 aliphatic carbocycles. The van der Waals surface area contributed by atoms with Crippen molar-refractivity contribution < 1.29 is 14.7 Å². The standard InChI is InChI=1S/C13H16ClNO3S/c1-3-8(2)12(13(17)18)15-11(16)7-5-9-4-6-10(14)19-9/h4-8,12H,3H2,1-2H3,(H,15,16)(H,17,18)/t8?,12-/m0/s1. The van der Waals surface area contributed by atoms with Crippen molar-refractivity contribution in [1.29, 1.82) is 0 Å². The molecule has 6 heteroatoms. The van der Waals surface area contributed by atoms with Gasteiger partial charge in [-0.2, -0.15) is 0 Å². The summed E-state index contributed by atoms with van der Waals surface area (Å²) in [6.45, 7) is 3.68. The van der Waals surface area contributed by atoms with Crippen molar-refractivity contribution in [3.63, 3.8) is 0 Å². The lowest BCUT2D eigenvalue weighted by molar-refractivity contribution is -0.142. The van der Waals surface area contributed by atoms with Gasteiger partial charge in [-0.3, -0.25) is 4.79 Å². The van der Waals surface area contributed by atoms with E-state index in [0.717, 1.165) is 4.88 Å². The van der Waals surface area contributed by atoms with E-state index in [9.17, 15) is 9.59 Å². The zero-order chi connectivity index (χ0) is 14.4. The van der Waals surface area contributed by atoms with Gasteiger partial charge in [-0.15, -0.1) is 11.3 Å². The zero-order valence-corrected chi connectivity index (χ0v) is 12.3. The number of hydrogen-bond donors (Lipinski definition) is 2. The third kappa shape index (κ3) is 5.04. The highest BCUT2D eigenvalue weighted by Gasteiger charge is 2.24. The number of amides is 1. The minimum atomic E-state index is -1.02. The van der Waals surface area contributed by atoms with Gasteiger partial charge in [-0.1, -0.05) is 31.9 Å². The second-order valence-corrected chi connectivity index (χ2v) is 5.93. The molecule has 0 radical (unpaired) electrons. The van der Waals surface area contributed by atoms with Crippen LogP contribution in [0.1, 0.15) is 25.1 Å². The van der Waals surface area contributed by atoms with Crippen LogP contribution in [0.4, 0.5) is 0 Å². The summed E-state index contributed by atoms with van der Waals surface area (Å²) < 4.78 is 0.642. The van der Waals surface area contributed by atoms with E-state index in [0.29, 0.717) is 10.8 Å². The number of carboxylic acids is 1. The second-order valence-electron chi connectivity index (χ2n) is 4.19. The summed E-state index contributed by atoms with van der Waals surface area (Å²) in [6.07, 6.45) is 3.61. The molecule has 0 aromatic carbocycles. The molecule has 1 aromatic rings. The molecule has 1 aromatic heterocycles.